The van der Waals surface area contributed by atoms with E-state index in [4.69, 9.17) is 5.73 Å². The third kappa shape index (κ3) is 3.71. The van der Waals surface area contributed by atoms with E-state index in [-0.39, 0.29) is 5.91 Å². The summed E-state index contributed by atoms with van der Waals surface area (Å²) in [5.74, 6) is -0.0504. The van der Waals surface area contributed by atoms with Crippen LogP contribution in [0.15, 0.2) is 24.3 Å². The lowest BCUT2D eigenvalue weighted by Crippen LogP contribution is -2.36. The molecule has 0 saturated heterocycles. The van der Waals surface area contributed by atoms with Gasteiger partial charge < -0.3 is 11.1 Å². The summed E-state index contributed by atoms with van der Waals surface area (Å²) in [4.78, 5) is 23.8. The lowest BCUT2D eigenvalue weighted by molar-refractivity contribution is -0.123. The van der Waals surface area contributed by atoms with E-state index >= 15 is 0 Å². The van der Waals surface area contributed by atoms with Crippen molar-refractivity contribution < 1.29 is 9.59 Å². The smallest absolute Gasteiger partial charge is 0.248 e. The minimum absolute atomic E-state index is 0.0351. The van der Waals surface area contributed by atoms with Gasteiger partial charge in [-0.2, -0.15) is 0 Å². The van der Waals surface area contributed by atoms with Crippen molar-refractivity contribution in [3.8, 4) is 0 Å². The van der Waals surface area contributed by atoms with Gasteiger partial charge in [0, 0.05) is 24.4 Å². The molecule has 1 saturated carbocycles. The third-order valence-corrected chi connectivity index (χ3v) is 5.79. The molecule has 3 N–H and O–H groups in total. The third-order valence-electron chi connectivity index (χ3n) is 4.51. The normalized spacial score (nSPS) is 15.2. The zero-order valence-corrected chi connectivity index (χ0v) is 15.2. The van der Waals surface area contributed by atoms with Crippen molar-refractivity contribution in [2.24, 2.45) is 5.73 Å². The van der Waals surface area contributed by atoms with E-state index in [1.807, 2.05) is 12.1 Å². The van der Waals surface area contributed by atoms with E-state index in [1.165, 1.54) is 0 Å². The molecule has 1 fully saturated rings. The van der Waals surface area contributed by atoms with Crippen LogP contribution in [0, 0.1) is 0 Å². The molecule has 1 aromatic heterocycles. The summed E-state index contributed by atoms with van der Waals surface area (Å²) in [5.41, 5.74) is 6.20. The van der Waals surface area contributed by atoms with Crippen LogP contribution in [0.1, 0.15) is 58.5 Å². The Morgan fingerprint density at radius 1 is 1.24 bits per heavy atom. The van der Waals surface area contributed by atoms with Gasteiger partial charge in [0.05, 0.1) is 5.41 Å². The molecule has 1 heterocycles. The summed E-state index contributed by atoms with van der Waals surface area (Å²) in [6.45, 7) is 4.73. The minimum atomic E-state index is -0.460. The highest BCUT2D eigenvalue weighted by molar-refractivity contribution is 7.11. The fraction of sp³-hybridized carbons (Fsp3) is 0.444. The predicted molar refractivity (Wildman–Crippen MR) is 96.6 cm³/mol. The average Bonchev–Trinajstić information content (AvgIpc) is 3.27. The fourth-order valence-electron chi connectivity index (χ4n) is 2.78. The van der Waals surface area contributed by atoms with Gasteiger partial charge in [0.25, 0.3) is 0 Å². The quantitative estimate of drug-likeness (QED) is 0.792. The Bertz CT molecular complexity index is 779. The first kappa shape index (κ1) is 17.5. The largest absolute Gasteiger partial charge is 0.366 e. The number of hydrogen-bond acceptors (Lipinski definition) is 5. The molecule has 2 amide bonds. The van der Waals surface area contributed by atoms with E-state index < -0.39 is 11.3 Å². The Hall–Kier alpha value is -2.28. The first-order chi connectivity index (χ1) is 11.9. The van der Waals surface area contributed by atoms with Crippen molar-refractivity contribution >= 4 is 23.2 Å². The van der Waals surface area contributed by atoms with Crippen molar-refractivity contribution in [1.82, 2.24) is 15.5 Å². The van der Waals surface area contributed by atoms with Crippen LogP contribution in [0.4, 0.5) is 0 Å². The standard InChI is InChI=1S/C18H22N4O2S/c1-11(2)16-22-21-14(25-16)7-10-20-17(24)18(8-9-18)13-5-3-12(4-6-13)15(19)23/h3-6,11H,7-10H2,1-2H3,(H2,19,23)(H,20,24). The molecule has 1 aliphatic rings. The number of nitrogens with two attached hydrogens (primary N) is 1. The van der Waals surface area contributed by atoms with Crippen molar-refractivity contribution in [2.45, 2.75) is 44.4 Å². The molecule has 0 spiro atoms. The molecule has 25 heavy (non-hydrogen) atoms. The second-order valence-electron chi connectivity index (χ2n) is 6.72. The SMILES string of the molecule is CC(C)c1nnc(CCNC(=O)C2(c3ccc(C(N)=O)cc3)CC2)s1. The van der Waals surface area contributed by atoms with E-state index in [2.05, 4.69) is 29.4 Å². The number of carbonyl (C=O) groups is 2. The summed E-state index contributed by atoms with van der Waals surface area (Å²) >= 11 is 1.60. The zero-order chi connectivity index (χ0) is 18.0. The van der Waals surface area contributed by atoms with Gasteiger partial charge in [0.2, 0.25) is 11.8 Å². The van der Waals surface area contributed by atoms with Crippen LogP contribution in [0.2, 0.25) is 0 Å². The summed E-state index contributed by atoms with van der Waals surface area (Å²) in [6, 6.07) is 7.01. The molecule has 6 nitrogen and oxygen atoms in total. The fourth-order valence-corrected chi connectivity index (χ4v) is 3.62. The summed E-state index contributed by atoms with van der Waals surface area (Å²) in [6.07, 6.45) is 2.34. The van der Waals surface area contributed by atoms with Gasteiger partial charge in [-0.15, -0.1) is 21.5 Å². The van der Waals surface area contributed by atoms with Gasteiger partial charge in [-0.05, 0) is 30.5 Å². The summed E-state index contributed by atoms with van der Waals surface area (Å²) < 4.78 is 0. The van der Waals surface area contributed by atoms with Gasteiger partial charge in [-0.3, -0.25) is 9.59 Å². The molecule has 2 aromatic rings. The summed E-state index contributed by atoms with van der Waals surface area (Å²) in [5, 5.41) is 13.3. The molecular formula is C18H22N4O2S. The average molecular weight is 358 g/mol. The topological polar surface area (TPSA) is 98.0 Å². The molecule has 132 valence electrons. The number of rotatable bonds is 7. The number of primary amides is 1. The lowest BCUT2D eigenvalue weighted by atomic mass is 9.94. The number of benzene rings is 1. The van der Waals surface area contributed by atoms with Gasteiger partial charge in [0.15, 0.2) is 0 Å². The molecule has 0 bridgehead atoms. The Balaban J connectivity index is 1.57. The van der Waals surface area contributed by atoms with Gasteiger partial charge in [-0.1, -0.05) is 26.0 Å². The molecule has 1 aromatic carbocycles. The van der Waals surface area contributed by atoms with Gasteiger partial charge >= 0.3 is 0 Å². The minimum Gasteiger partial charge on any atom is -0.366 e. The molecule has 3 rings (SSSR count). The Kier molecular flexibility index (Phi) is 4.85. The van der Waals surface area contributed by atoms with E-state index in [0.29, 0.717) is 24.4 Å². The lowest BCUT2D eigenvalue weighted by Gasteiger charge is -2.15. The van der Waals surface area contributed by atoms with Crippen LogP contribution in [0.3, 0.4) is 0 Å². The van der Waals surface area contributed by atoms with Crippen LogP contribution in [-0.4, -0.2) is 28.6 Å². The van der Waals surface area contributed by atoms with Crippen molar-refractivity contribution in [2.75, 3.05) is 6.54 Å². The molecule has 0 atom stereocenters. The molecule has 7 heteroatoms. The van der Waals surface area contributed by atoms with Crippen molar-refractivity contribution in [3.63, 3.8) is 0 Å². The van der Waals surface area contributed by atoms with Crippen LogP contribution < -0.4 is 11.1 Å². The Labute approximate surface area is 150 Å². The highest BCUT2D eigenvalue weighted by atomic mass is 32.1. The Morgan fingerprint density at radius 2 is 1.92 bits per heavy atom. The number of hydrogen-bond donors (Lipinski definition) is 2. The zero-order valence-electron chi connectivity index (χ0n) is 14.4. The number of nitrogens with zero attached hydrogens (tertiary/aromatic N) is 2. The maximum absolute atomic E-state index is 12.6. The second-order valence-corrected chi connectivity index (χ2v) is 7.81. The van der Waals surface area contributed by atoms with Gasteiger partial charge in [-0.25, -0.2) is 0 Å². The van der Waals surface area contributed by atoms with Crippen LogP contribution >= 0.6 is 11.3 Å². The molecule has 0 unspecified atom stereocenters. The van der Waals surface area contributed by atoms with Gasteiger partial charge in [0.1, 0.15) is 10.0 Å². The van der Waals surface area contributed by atoms with Crippen LogP contribution in [0.5, 0.6) is 0 Å². The highest BCUT2D eigenvalue weighted by Crippen LogP contribution is 2.48. The van der Waals surface area contributed by atoms with E-state index in [9.17, 15) is 9.59 Å². The van der Waals surface area contributed by atoms with Crippen molar-refractivity contribution in [3.05, 3.63) is 45.4 Å². The van der Waals surface area contributed by atoms with Crippen LogP contribution in [-0.2, 0) is 16.6 Å². The monoisotopic (exact) mass is 358 g/mol. The molecular weight excluding hydrogens is 336 g/mol. The number of carbonyl (C=O) groups excluding carboxylic acids is 2. The first-order valence-electron chi connectivity index (χ1n) is 8.43. The molecule has 0 radical (unpaired) electrons. The maximum Gasteiger partial charge on any atom is 0.248 e. The second kappa shape index (κ2) is 6.92. The molecule has 0 aliphatic heterocycles. The number of aromatic nitrogens is 2. The first-order valence-corrected chi connectivity index (χ1v) is 9.25. The maximum atomic E-state index is 12.6. The van der Waals surface area contributed by atoms with Crippen molar-refractivity contribution in [1.29, 1.82) is 0 Å². The number of amides is 2. The summed E-state index contributed by atoms with van der Waals surface area (Å²) in [7, 11) is 0. The Morgan fingerprint density at radius 3 is 2.44 bits per heavy atom. The molecule has 1 aliphatic carbocycles. The van der Waals surface area contributed by atoms with E-state index in [0.717, 1.165) is 28.4 Å². The highest BCUT2D eigenvalue weighted by Gasteiger charge is 2.51. The number of nitrogens with one attached hydrogen (secondary N) is 1. The van der Waals surface area contributed by atoms with Crippen LogP contribution in [0.25, 0.3) is 0 Å². The predicted octanol–water partition coefficient (Wildman–Crippen LogP) is 2.15. The van der Waals surface area contributed by atoms with E-state index in [1.54, 1.807) is 23.5 Å².